The average molecular weight is 343 g/mol. The number of rotatable bonds is 4. The third-order valence-electron chi connectivity index (χ3n) is 4.15. The number of hydrogen-bond donors (Lipinski definition) is 2. The summed E-state index contributed by atoms with van der Waals surface area (Å²) in [4.78, 5) is 0. The molecule has 0 radical (unpaired) electrons. The summed E-state index contributed by atoms with van der Waals surface area (Å²) in [6.45, 7) is 3.09. The molecule has 3 N–H and O–H groups in total. The average Bonchev–Trinajstić information content (AvgIpc) is 2.42. The van der Waals surface area contributed by atoms with E-state index >= 15 is 0 Å². The maximum absolute atomic E-state index is 5.92. The first-order valence-corrected chi connectivity index (χ1v) is 8.93. The Labute approximate surface area is 129 Å². The molecule has 1 saturated carbocycles. The number of hydrogen-bond acceptors (Lipinski definition) is 3. The predicted molar refractivity (Wildman–Crippen MR) is 91.1 cm³/mol. The second kappa shape index (κ2) is 6.40. The highest BCUT2D eigenvalue weighted by molar-refractivity contribution is 9.10. The smallest absolute Gasteiger partial charge is 0.0489 e. The van der Waals surface area contributed by atoms with Gasteiger partial charge in [-0.1, -0.05) is 19.3 Å². The van der Waals surface area contributed by atoms with E-state index in [0.29, 0.717) is 4.75 Å². The van der Waals surface area contributed by atoms with Gasteiger partial charge in [-0.05, 0) is 59.6 Å². The van der Waals surface area contributed by atoms with Gasteiger partial charge in [0.05, 0.1) is 0 Å². The lowest BCUT2D eigenvalue weighted by Crippen LogP contribution is -2.35. The lowest BCUT2D eigenvalue weighted by atomic mass is 9.88. The Hall–Kier alpha value is -0.350. The molecule has 0 bridgehead atoms. The monoisotopic (exact) mass is 342 g/mol. The first-order chi connectivity index (χ1) is 9.06. The number of nitrogens with one attached hydrogen (secondary N) is 1. The van der Waals surface area contributed by atoms with E-state index in [-0.39, 0.29) is 0 Å². The van der Waals surface area contributed by atoms with Crippen molar-refractivity contribution in [2.24, 2.45) is 0 Å². The van der Waals surface area contributed by atoms with Crippen LogP contribution in [0.4, 0.5) is 11.4 Å². The minimum Gasteiger partial charge on any atom is -0.398 e. The fourth-order valence-electron chi connectivity index (χ4n) is 2.74. The SMILES string of the molecule is CSC1(CNc2cc(C)c(N)cc2Br)CCCCC1. The number of nitrogen functional groups attached to an aromatic ring is 1. The molecule has 0 unspecified atom stereocenters. The number of nitrogens with two attached hydrogens (primary N) is 1. The molecule has 2 nitrogen and oxygen atoms in total. The van der Waals surface area contributed by atoms with Crippen molar-refractivity contribution in [1.82, 2.24) is 0 Å². The molecule has 1 aromatic carbocycles. The van der Waals surface area contributed by atoms with Crippen molar-refractivity contribution < 1.29 is 0 Å². The van der Waals surface area contributed by atoms with Crippen molar-refractivity contribution in [1.29, 1.82) is 0 Å². The van der Waals surface area contributed by atoms with Crippen LogP contribution in [0.3, 0.4) is 0 Å². The van der Waals surface area contributed by atoms with Crippen molar-refractivity contribution in [3.63, 3.8) is 0 Å². The van der Waals surface area contributed by atoms with Crippen molar-refractivity contribution >= 4 is 39.1 Å². The molecular weight excluding hydrogens is 320 g/mol. The van der Waals surface area contributed by atoms with Gasteiger partial charge in [0.25, 0.3) is 0 Å². The normalized spacial score (nSPS) is 18.3. The fourth-order valence-corrected chi connectivity index (χ4v) is 4.15. The van der Waals surface area contributed by atoms with Crippen LogP contribution in [0.15, 0.2) is 16.6 Å². The molecule has 0 heterocycles. The van der Waals surface area contributed by atoms with Gasteiger partial charge in [-0.2, -0.15) is 11.8 Å². The van der Waals surface area contributed by atoms with Gasteiger partial charge in [0.15, 0.2) is 0 Å². The zero-order valence-electron chi connectivity index (χ0n) is 11.8. The Kier molecular flexibility index (Phi) is 5.07. The fraction of sp³-hybridized carbons (Fsp3) is 0.600. The molecule has 0 aliphatic heterocycles. The van der Waals surface area contributed by atoms with Crippen LogP contribution in [0, 0.1) is 6.92 Å². The van der Waals surface area contributed by atoms with Gasteiger partial charge in [0.2, 0.25) is 0 Å². The van der Waals surface area contributed by atoms with Crippen molar-refractivity contribution in [3.8, 4) is 0 Å². The predicted octanol–water partition coefficient (Wildman–Crippen LogP) is 4.82. The highest BCUT2D eigenvalue weighted by Crippen LogP contribution is 2.39. The Bertz CT molecular complexity index is 442. The molecule has 2 rings (SSSR count). The van der Waals surface area contributed by atoms with E-state index in [2.05, 4.69) is 40.5 Å². The molecule has 1 aliphatic rings. The number of benzene rings is 1. The molecule has 1 fully saturated rings. The van der Waals surface area contributed by atoms with Gasteiger partial charge in [0, 0.05) is 27.1 Å². The molecule has 19 heavy (non-hydrogen) atoms. The molecule has 4 heteroatoms. The topological polar surface area (TPSA) is 38.0 Å². The summed E-state index contributed by atoms with van der Waals surface area (Å²) in [6.07, 6.45) is 9.03. The summed E-state index contributed by atoms with van der Waals surface area (Å²) in [5, 5.41) is 3.62. The second-order valence-corrected chi connectivity index (χ2v) is 7.62. The molecule has 1 aliphatic carbocycles. The van der Waals surface area contributed by atoms with Crippen LogP contribution in [0.2, 0.25) is 0 Å². The van der Waals surface area contributed by atoms with Crippen molar-refractivity contribution in [2.75, 3.05) is 23.9 Å². The number of aryl methyl sites for hydroxylation is 1. The van der Waals surface area contributed by atoms with Crippen LogP contribution in [0.5, 0.6) is 0 Å². The van der Waals surface area contributed by atoms with Crippen LogP contribution in [0.25, 0.3) is 0 Å². The van der Waals surface area contributed by atoms with E-state index in [0.717, 1.165) is 28.0 Å². The van der Waals surface area contributed by atoms with Crippen molar-refractivity contribution in [3.05, 3.63) is 22.2 Å². The Morgan fingerprint density at radius 2 is 2.00 bits per heavy atom. The van der Waals surface area contributed by atoms with E-state index in [1.54, 1.807) is 0 Å². The largest absolute Gasteiger partial charge is 0.398 e. The van der Waals surface area contributed by atoms with E-state index in [1.165, 1.54) is 32.1 Å². The Morgan fingerprint density at radius 3 is 2.63 bits per heavy atom. The highest BCUT2D eigenvalue weighted by atomic mass is 79.9. The summed E-state index contributed by atoms with van der Waals surface area (Å²) in [7, 11) is 0. The molecule has 0 aromatic heterocycles. The number of halogens is 1. The van der Waals surface area contributed by atoms with Crippen LogP contribution in [-0.2, 0) is 0 Å². The minimum absolute atomic E-state index is 0.410. The summed E-state index contributed by atoms with van der Waals surface area (Å²) in [5.41, 5.74) is 9.05. The number of thioether (sulfide) groups is 1. The van der Waals surface area contributed by atoms with Crippen molar-refractivity contribution in [2.45, 2.75) is 43.8 Å². The quantitative estimate of drug-likeness (QED) is 0.770. The van der Waals surface area contributed by atoms with E-state index in [9.17, 15) is 0 Å². The Morgan fingerprint density at radius 1 is 1.32 bits per heavy atom. The summed E-state index contributed by atoms with van der Waals surface area (Å²) < 4.78 is 1.47. The van der Waals surface area contributed by atoms with E-state index < -0.39 is 0 Å². The summed E-state index contributed by atoms with van der Waals surface area (Å²) in [6, 6.07) is 4.13. The first-order valence-electron chi connectivity index (χ1n) is 6.91. The molecule has 0 atom stereocenters. The molecular formula is C15H23BrN2S. The highest BCUT2D eigenvalue weighted by Gasteiger charge is 2.30. The maximum Gasteiger partial charge on any atom is 0.0489 e. The Balaban J connectivity index is 2.07. The van der Waals surface area contributed by atoms with Crippen LogP contribution in [-0.4, -0.2) is 17.5 Å². The lowest BCUT2D eigenvalue weighted by Gasteiger charge is -2.36. The van der Waals surface area contributed by atoms with Gasteiger partial charge in [-0.25, -0.2) is 0 Å². The summed E-state index contributed by atoms with van der Waals surface area (Å²) >= 11 is 5.62. The van der Waals surface area contributed by atoms with Crippen LogP contribution >= 0.6 is 27.7 Å². The second-order valence-electron chi connectivity index (χ2n) is 5.49. The number of anilines is 2. The van der Waals surface area contributed by atoms with E-state index in [1.807, 2.05) is 17.8 Å². The minimum atomic E-state index is 0.410. The van der Waals surface area contributed by atoms with Crippen LogP contribution < -0.4 is 11.1 Å². The third kappa shape index (κ3) is 3.60. The molecule has 106 valence electrons. The van der Waals surface area contributed by atoms with Gasteiger partial charge in [-0.15, -0.1) is 0 Å². The molecule has 0 spiro atoms. The molecule has 0 saturated heterocycles. The zero-order chi connectivity index (χ0) is 13.9. The first kappa shape index (κ1) is 15.0. The maximum atomic E-state index is 5.92. The third-order valence-corrected chi connectivity index (χ3v) is 6.23. The molecule has 1 aromatic rings. The van der Waals surface area contributed by atoms with Gasteiger partial charge < -0.3 is 11.1 Å². The van der Waals surface area contributed by atoms with Gasteiger partial charge in [-0.3, -0.25) is 0 Å². The van der Waals surface area contributed by atoms with E-state index in [4.69, 9.17) is 5.73 Å². The molecule has 0 amide bonds. The lowest BCUT2D eigenvalue weighted by molar-refractivity contribution is 0.411. The summed E-state index contributed by atoms with van der Waals surface area (Å²) in [5.74, 6) is 0. The zero-order valence-corrected chi connectivity index (χ0v) is 14.2. The van der Waals surface area contributed by atoms with Gasteiger partial charge >= 0.3 is 0 Å². The standard InChI is InChI=1S/C15H23BrN2S/c1-11-8-14(12(16)9-13(11)17)18-10-15(19-2)6-4-3-5-7-15/h8-9,18H,3-7,10,17H2,1-2H3. The van der Waals surface area contributed by atoms with Crippen LogP contribution in [0.1, 0.15) is 37.7 Å². The van der Waals surface area contributed by atoms with Gasteiger partial charge in [0.1, 0.15) is 0 Å².